The number of halogens is 2. The van der Waals surface area contributed by atoms with Gasteiger partial charge in [-0.1, -0.05) is 12.1 Å². The number of carbonyl (C=O) groups is 1. The Hall–Kier alpha value is -3.26. The number of nitrogens with zero attached hydrogens (tertiary/aromatic N) is 1. The highest BCUT2D eigenvalue weighted by atomic mass is 32.1. The summed E-state index contributed by atoms with van der Waals surface area (Å²) >= 11 is 1.23. The zero-order valence-corrected chi connectivity index (χ0v) is 16.6. The van der Waals surface area contributed by atoms with Gasteiger partial charge in [0.1, 0.15) is 11.6 Å². The van der Waals surface area contributed by atoms with Crippen LogP contribution in [0.25, 0.3) is 6.08 Å². The van der Waals surface area contributed by atoms with Gasteiger partial charge in [-0.05, 0) is 35.4 Å². The van der Waals surface area contributed by atoms with Gasteiger partial charge in [0, 0.05) is 29.6 Å². The van der Waals surface area contributed by atoms with E-state index in [4.69, 9.17) is 9.47 Å². The SMILES string of the molecule is COc1ccc(/C=C/C(=O)Nc2ncc(Cc3ccc(F)cc3F)s2)cc1OC. The molecule has 0 radical (unpaired) electrons. The molecule has 1 heterocycles. The fourth-order valence-corrected chi connectivity index (χ4v) is 3.41. The minimum atomic E-state index is -0.621. The first-order valence-electron chi connectivity index (χ1n) is 8.58. The molecule has 29 heavy (non-hydrogen) atoms. The Labute approximate surface area is 170 Å². The molecule has 150 valence electrons. The van der Waals surface area contributed by atoms with Crippen molar-refractivity contribution in [3.63, 3.8) is 0 Å². The predicted molar refractivity (Wildman–Crippen MR) is 108 cm³/mol. The maximum Gasteiger partial charge on any atom is 0.250 e. The van der Waals surface area contributed by atoms with Crippen molar-refractivity contribution in [3.05, 3.63) is 76.3 Å². The molecule has 3 rings (SSSR count). The second kappa shape index (κ2) is 9.29. The lowest BCUT2D eigenvalue weighted by molar-refractivity contribution is -0.111. The second-order valence-corrected chi connectivity index (χ2v) is 7.10. The van der Waals surface area contributed by atoms with Crippen LogP contribution in [0.2, 0.25) is 0 Å². The number of benzene rings is 2. The summed E-state index contributed by atoms with van der Waals surface area (Å²) in [5.74, 6) is -0.421. The number of amides is 1. The van der Waals surface area contributed by atoms with Gasteiger partial charge < -0.3 is 9.47 Å². The lowest BCUT2D eigenvalue weighted by atomic mass is 10.1. The van der Waals surface area contributed by atoms with Crippen molar-refractivity contribution in [1.82, 2.24) is 4.98 Å². The molecule has 0 atom stereocenters. The quantitative estimate of drug-likeness (QED) is 0.568. The van der Waals surface area contributed by atoms with Crippen LogP contribution in [0, 0.1) is 11.6 Å². The van der Waals surface area contributed by atoms with Crippen molar-refractivity contribution in [2.45, 2.75) is 6.42 Å². The Morgan fingerprint density at radius 2 is 1.93 bits per heavy atom. The minimum Gasteiger partial charge on any atom is -0.493 e. The van der Waals surface area contributed by atoms with Crippen LogP contribution in [0.4, 0.5) is 13.9 Å². The lowest BCUT2D eigenvalue weighted by Gasteiger charge is -2.07. The highest BCUT2D eigenvalue weighted by Gasteiger charge is 2.09. The second-order valence-electron chi connectivity index (χ2n) is 5.98. The topological polar surface area (TPSA) is 60.5 Å². The number of thiazole rings is 1. The van der Waals surface area contributed by atoms with Crippen molar-refractivity contribution < 1.29 is 23.0 Å². The van der Waals surface area contributed by atoms with Crippen LogP contribution in [0.15, 0.2) is 48.7 Å². The molecular formula is C21H18F2N2O3S. The number of nitrogens with one attached hydrogen (secondary N) is 1. The molecular weight excluding hydrogens is 398 g/mol. The molecule has 3 aromatic rings. The van der Waals surface area contributed by atoms with E-state index in [2.05, 4.69) is 10.3 Å². The van der Waals surface area contributed by atoms with Crippen LogP contribution in [0.1, 0.15) is 16.0 Å². The first kappa shape index (κ1) is 20.5. The summed E-state index contributed by atoms with van der Waals surface area (Å²) in [5, 5.41) is 3.06. The molecule has 0 aliphatic heterocycles. The molecule has 0 saturated heterocycles. The summed E-state index contributed by atoms with van der Waals surface area (Å²) in [6.07, 6.45) is 4.84. The molecule has 0 spiro atoms. The average Bonchev–Trinajstić information content (AvgIpc) is 3.15. The third kappa shape index (κ3) is 5.39. The molecule has 2 aromatic carbocycles. The standard InChI is InChI=1S/C21H18F2N2O3S/c1-27-18-7-3-13(9-19(18)28-2)4-8-20(26)25-21-24-12-16(29-21)10-14-5-6-15(22)11-17(14)23/h3-9,11-12H,10H2,1-2H3,(H,24,25,26)/b8-4+. The average molecular weight is 416 g/mol. The zero-order valence-electron chi connectivity index (χ0n) is 15.7. The van der Waals surface area contributed by atoms with Crippen LogP contribution in [-0.4, -0.2) is 25.1 Å². The molecule has 0 aliphatic rings. The molecule has 1 N–H and O–H groups in total. The van der Waals surface area contributed by atoms with E-state index in [1.165, 1.54) is 36.7 Å². The molecule has 0 bridgehead atoms. The minimum absolute atomic E-state index is 0.265. The Kier molecular flexibility index (Phi) is 6.56. The van der Waals surface area contributed by atoms with Crippen molar-refractivity contribution >= 4 is 28.5 Å². The van der Waals surface area contributed by atoms with E-state index in [-0.39, 0.29) is 12.3 Å². The van der Waals surface area contributed by atoms with E-state index in [0.717, 1.165) is 16.5 Å². The van der Waals surface area contributed by atoms with E-state index in [1.54, 1.807) is 37.6 Å². The Morgan fingerprint density at radius 3 is 2.66 bits per heavy atom. The zero-order chi connectivity index (χ0) is 20.8. The third-order valence-corrected chi connectivity index (χ3v) is 4.91. The summed E-state index contributed by atoms with van der Waals surface area (Å²) in [7, 11) is 3.09. The fourth-order valence-electron chi connectivity index (χ4n) is 2.58. The number of anilines is 1. The molecule has 5 nitrogen and oxygen atoms in total. The Morgan fingerprint density at radius 1 is 1.14 bits per heavy atom. The summed E-state index contributed by atoms with van der Waals surface area (Å²) in [5.41, 5.74) is 1.13. The van der Waals surface area contributed by atoms with Crippen LogP contribution < -0.4 is 14.8 Å². The normalized spacial score (nSPS) is 10.9. The fraction of sp³-hybridized carbons (Fsp3) is 0.143. The third-order valence-electron chi connectivity index (χ3n) is 4.00. The Bertz CT molecular complexity index is 1050. The first-order chi connectivity index (χ1) is 14.0. The number of rotatable bonds is 7. The molecule has 8 heteroatoms. The van der Waals surface area contributed by atoms with Gasteiger partial charge in [0.25, 0.3) is 0 Å². The van der Waals surface area contributed by atoms with Gasteiger partial charge in [-0.3, -0.25) is 10.1 Å². The number of carbonyl (C=O) groups excluding carboxylic acids is 1. The van der Waals surface area contributed by atoms with Crippen molar-refractivity contribution in [1.29, 1.82) is 0 Å². The number of hydrogen-bond acceptors (Lipinski definition) is 5. The number of hydrogen-bond donors (Lipinski definition) is 1. The number of ether oxygens (including phenoxy) is 2. The molecule has 0 aliphatic carbocycles. The van der Waals surface area contributed by atoms with Gasteiger partial charge in [-0.15, -0.1) is 11.3 Å². The monoisotopic (exact) mass is 416 g/mol. The van der Waals surface area contributed by atoms with Crippen LogP contribution in [-0.2, 0) is 11.2 Å². The highest BCUT2D eigenvalue weighted by Crippen LogP contribution is 2.28. The van der Waals surface area contributed by atoms with Gasteiger partial charge >= 0.3 is 0 Å². The molecule has 0 unspecified atom stereocenters. The maximum atomic E-state index is 13.8. The number of aromatic nitrogens is 1. The van der Waals surface area contributed by atoms with E-state index >= 15 is 0 Å². The molecule has 1 aromatic heterocycles. The van der Waals surface area contributed by atoms with E-state index in [9.17, 15) is 13.6 Å². The van der Waals surface area contributed by atoms with Gasteiger partial charge in [-0.2, -0.15) is 0 Å². The van der Waals surface area contributed by atoms with Crippen molar-refractivity contribution in [2.24, 2.45) is 0 Å². The molecule has 1 amide bonds. The van der Waals surface area contributed by atoms with Crippen LogP contribution >= 0.6 is 11.3 Å². The first-order valence-corrected chi connectivity index (χ1v) is 9.40. The summed E-state index contributed by atoms with van der Waals surface area (Å²) in [6, 6.07) is 8.75. The van der Waals surface area contributed by atoms with Crippen LogP contribution in [0.3, 0.4) is 0 Å². The summed E-state index contributed by atoms with van der Waals surface area (Å²) in [6.45, 7) is 0. The van der Waals surface area contributed by atoms with E-state index < -0.39 is 11.6 Å². The van der Waals surface area contributed by atoms with Crippen LogP contribution in [0.5, 0.6) is 11.5 Å². The van der Waals surface area contributed by atoms with Gasteiger partial charge in [0.15, 0.2) is 16.6 Å². The van der Waals surface area contributed by atoms with Crippen molar-refractivity contribution in [2.75, 3.05) is 19.5 Å². The molecule has 0 fully saturated rings. The summed E-state index contributed by atoms with van der Waals surface area (Å²) < 4.78 is 37.2. The summed E-state index contributed by atoms with van der Waals surface area (Å²) in [4.78, 5) is 17.0. The van der Waals surface area contributed by atoms with E-state index in [1.807, 2.05) is 0 Å². The largest absolute Gasteiger partial charge is 0.493 e. The smallest absolute Gasteiger partial charge is 0.250 e. The maximum absolute atomic E-state index is 13.8. The van der Waals surface area contributed by atoms with E-state index in [0.29, 0.717) is 22.2 Å². The number of methoxy groups -OCH3 is 2. The van der Waals surface area contributed by atoms with Gasteiger partial charge in [0.2, 0.25) is 5.91 Å². The predicted octanol–water partition coefficient (Wildman–Crippen LogP) is 4.68. The molecule has 0 saturated carbocycles. The van der Waals surface area contributed by atoms with Crippen molar-refractivity contribution in [3.8, 4) is 11.5 Å². The van der Waals surface area contributed by atoms with Gasteiger partial charge in [-0.25, -0.2) is 13.8 Å². The van der Waals surface area contributed by atoms with Gasteiger partial charge in [0.05, 0.1) is 14.2 Å². The Balaban J connectivity index is 1.62. The highest BCUT2D eigenvalue weighted by molar-refractivity contribution is 7.15. The lowest BCUT2D eigenvalue weighted by Crippen LogP contribution is -2.07.